The number of nitrogens with zero attached hydrogens (tertiary/aromatic N) is 3. The van der Waals surface area contributed by atoms with Gasteiger partial charge in [0.1, 0.15) is 11.5 Å². The van der Waals surface area contributed by atoms with Gasteiger partial charge in [0.25, 0.3) is 0 Å². The maximum absolute atomic E-state index is 13.1. The van der Waals surface area contributed by atoms with Gasteiger partial charge in [-0.15, -0.1) is 0 Å². The van der Waals surface area contributed by atoms with Crippen molar-refractivity contribution < 1.29 is 22.7 Å². The predicted octanol–water partition coefficient (Wildman–Crippen LogP) is 3.54. The second-order valence-corrected chi connectivity index (χ2v) is 11.3. The van der Waals surface area contributed by atoms with Crippen molar-refractivity contribution in [3.63, 3.8) is 0 Å². The number of aliphatic imine (C=N–C) groups is 1. The van der Waals surface area contributed by atoms with Crippen molar-refractivity contribution in [2.24, 2.45) is 4.99 Å². The SMILES string of the molecule is COc1ccc(OC)c(CCC(=O)N2CC(C)SC2=Nc2cccc(S(=O)(=O)N(C)C)c2)c1. The maximum Gasteiger partial charge on any atom is 0.242 e. The van der Waals surface area contributed by atoms with E-state index in [2.05, 4.69) is 4.99 Å². The van der Waals surface area contributed by atoms with Crippen LogP contribution >= 0.6 is 11.8 Å². The fourth-order valence-corrected chi connectivity index (χ4v) is 5.39. The van der Waals surface area contributed by atoms with Gasteiger partial charge >= 0.3 is 0 Å². The summed E-state index contributed by atoms with van der Waals surface area (Å²) in [6.45, 7) is 2.58. The standard InChI is InChI=1S/C23H29N3O5S2/c1-16-15-26(22(27)12-9-17-13-19(30-4)10-11-21(17)31-5)23(32-16)24-18-7-6-8-20(14-18)33(28,29)25(2)3/h6-8,10-11,13-14,16H,9,12,15H2,1-5H3. The first-order valence-corrected chi connectivity index (χ1v) is 12.8. The lowest BCUT2D eigenvalue weighted by Crippen LogP contribution is -2.32. The number of carbonyl (C=O) groups excluding carboxylic acids is 1. The van der Waals surface area contributed by atoms with Crippen molar-refractivity contribution in [2.45, 2.75) is 29.9 Å². The molecule has 8 nitrogen and oxygen atoms in total. The van der Waals surface area contributed by atoms with E-state index in [9.17, 15) is 13.2 Å². The first-order chi connectivity index (χ1) is 15.6. The van der Waals surface area contributed by atoms with Crippen molar-refractivity contribution in [1.82, 2.24) is 9.21 Å². The Labute approximate surface area is 199 Å². The molecule has 0 aromatic heterocycles. The van der Waals surface area contributed by atoms with Gasteiger partial charge in [0.15, 0.2) is 5.17 Å². The number of hydrogen-bond donors (Lipinski definition) is 0. The monoisotopic (exact) mass is 491 g/mol. The van der Waals surface area contributed by atoms with Crippen molar-refractivity contribution >= 4 is 38.5 Å². The largest absolute Gasteiger partial charge is 0.497 e. The molecule has 3 rings (SSSR count). The fraction of sp³-hybridized carbons (Fsp3) is 0.391. The summed E-state index contributed by atoms with van der Waals surface area (Å²) >= 11 is 1.50. The van der Waals surface area contributed by atoms with E-state index >= 15 is 0 Å². The summed E-state index contributed by atoms with van der Waals surface area (Å²) in [5.74, 6) is 1.37. The normalized spacial score (nSPS) is 17.6. The topological polar surface area (TPSA) is 88.5 Å². The van der Waals surface area contributed by atoms with Crippen molar-refractivity contribution in [1.29, 1.82) is 0 Å². The summed E-state index contributed by atoms with van der Waals surface area (Å²) in [4.78, 5) is 19.5. The number of amides is 1. The molecular weight excluding hydrogens is 462 g/mol. The minimum Gasteiger partial charge on any atom is -0.497 e. The molecular formula is C23H29N3O5S2. The van der Waals surface area contributed by atoms with Crippen LogP contribution in [0.1, 0.15) is 18.9 Å². The molecule has 0 radical (unpaired) electrons. The summed E-state index contributed by atoms with van der Waals surface area (Å²) in [6.07, 6.45) is 0.781. The van der Waals surface area contributed by atoms with Gasteiger partial charge in [-0.1, -0.05) is 24.8 Å². The second-order valence-electron chi connectivity index (χ2n) is 7.79. The van der Waals surface area contributed by atoms with Crippen LogP contribution in [-0.4, -0.2) is 68.8 Å². The molecule has 1 atom stereocenters. The van der Waals surface area contributed by atoms with Gasteiger partial charge in [-0.25, -0.2) is 17.7 Å². The molecule has 0 spiro atoms. The second kappa shape index (κ2) is 10.6. The molecule has 178 valence electrons. The van der Waals surface area contributed by atoms with Gasteiger partial charge in [-0.05, 0) is 48.4 Å². The Morgan fingerprint density at radius 1 is 1.18 bits per heavy atom. The number of hydrogen-bond acceptors (Lipinski definition) is 7. The lowest BCUT2D eigenvalue weighted by atomic mass is 10.1. The first kappa shape index (κ1) is 25.1. The van der Waals surface area contributed by atoms with Crippen LogP contribution in [0.2, 0.25) is 0 Å². The van der Waals surface area contributed by atoms with Crippen molar-refractivity contribution in [3.8, 4) is 11.5 Å². The molecule has 0 aliphatic carbocycles. The van der Waals surface area contributed by atoms with Crippen LogP contribution in [0.15, 0.2) is 52.4 Å². The highest BCUT2D eigenvalue weighted by atomic mass is 32.2. The molecule has 1 fully saturated rings. The molecule has 0 bridgehead atoms. The van der Waals surface area contributed by atoms with E-state index in [-0.39, 0.29) is 22.5 Å². The number of thioether (sulfide) groups is 1. The predicted molar refractivity (Wildman–Crippen MR) is 131 cm³/mol. The third kappa shape index (κ3) is 5.87. The van der Waals surface area contributed by atoms with Crippen LogP contribution in [0, 0.1) is 0 Å². The summed E-state index contributed by atoms with van der Waals surface area (Å²) in [7, 11) is 2.60. The first-order valence-electron chi connectivity index (χ1n) is 10.4. The number of methoxy groups -OCH3 is 2. The molecule has 2 aromatic carbocycles. The lowest BCUT2D eigenvalue weighted by molar-refractivity contribution is -0.127. The quantitative estimate of drug-likeness (QED) is 0.561. The minimum atomic E-state index is -3.57. The van der Waals surface area contributed by atoms with Gasteiger partial charge < -0.3 is 9.47 Å². The minimum absolute atomic E-state index is 0.0486. The Morgan fingerprint density at radius 2 is 1.94 bits per heavy atom. The van der Waals surface area contributed by atoms with E-state index in [1.165, 1.54) is 38.0 Å². The molecule has 0 N–H and O–H groups in total. The highest BCUT2D eigenvalue weighted by molar-refractivity contribution is 8.14. The number of aryl methyl sites for hydroxylation is 1. The molecule has 2 aromatic rings. The lowest BCUT2D eigenvalue weighted by Gasteiger charge is -2.17. The highest BCUT2D eigenvalue weighted by Crippen LogP contribution is 2.31. The zero-order chi connectivity index (χ0) is 24.2. The van der Waals surface area contributed by atoms with Gasteiger partial charge in [-0.2, -0.15) is 0 Å². The zero-order valence-corrected chi connectivity index (χ0v) is 21.1. The van der Waals surface area contributed by atoms with Gasteiger partial charge in [0.05, 0.1) is 24.8 Å². The molecule has 1 heterocycles. The van der Waals surface area contributed by atoms with E-state index in [4.69, 9.17) is 9.47 Å². The van der Waals surface area contributed by atoms with E-state index < -0.39 is 10.0 Å². The molecule has 1 unspecified atom stereocenters. The van der Waals surface area contributed by atoms with Gasteiger partial charge in [-0.3, -0.25) is 9.69 Å². The smallest absolute Gasteiger partial charge is 0.242 e. The molecule has 10 heteroatoms. The Hall–Kier alpha value is -2.56. The number of ether oxygens (including phenoxy) is 2. The summed E-state index contributed by atoms with van der Waals surface area (Å²) < 4.78 is 36.8. The van der Waals surface area contributed by atoms with Crippen LogP contribution in [-0.2, 0) is 21.2 Å². The Bertz CT molecular complexity index is 1150. The van der Waals surface area contributed by atoms with E-state index in [0.29, 0.717) is 35.3 Å². The average Bonchev–Trinajstić information content (AvgIpc) is 3.17. The van der Waals surface area contributed by atoms with E-state index in [1.54, 1.807) is 31.3 Å². The maximum atomic E-state index is 13.1. The van der Waals surface area contributed by atoms with Gasteiger partial charge in [0, 0.05) is 32.3 Å². The summed E-state index contributed by atoms with van der Waals surface area (Å²) in [5, 5.41) is 0.761. The molecule has 33 heavy (non-hydrogen) atoms. The van der Waals surface area contributed by atoms with Crippen molar-refractivity contribution in [3.05, 3.63) is 48.0 Å². The van der Waals surface area contributed by atoms with Gasteiger partial charge in [0.2, 0.25) is 15.9 Å². The van der Waals surface area contributed by atoms with Crippen molar-refractivity contribution in [2.75, 3.05) is 34.9 Å². The number of amidine groups is 1. The van der Waals surface area contributed by atoms with Crippen LogP contribution < -0.4 is 9.47 Å². The molecule has 1 aliphatic heterocycles. The summed E-state index contributed by atoms with van der Waals surface area (Å²) in [6, 6.07) is 12.0. The van der Waals surface area contributed by atoms with Crippen LogP contribution in [0.3, 0.4) is 0 Å². The number of sulfonamides is 1. The summed E-state index contributed by atoms with van der Waals surface area (Å²) in [5.41, 5.74) is 1.38. The molecule has 1 amide bonds. The van der Waals surface area contributed by atoms with Crippen LogP contribution in [0.4, 0.5) is 5.69 Å². The third-order valence-corrected chi connectivity index (χ3v) is 8.08. The number of benzene rings is 2. The molecule has 1 aliphatic rings. The Morgan fingerprint density at radius 3 is 2.61 bits per heavy atom. The molecule has 1 saturated heterocycles. The van der Waals surface area contributed by atoms with Crippen LogP contribution in [0.25, 0.3) is 0 Å². The molecule has 0 saturated carbocycles. The third-order valence-electron chi connectivity index (χ3n) is 5.19. The van der Waals surface area contributed by atoms with E-state index in [0.717, 1.165) is 9.87 Å². The van der Waals surface area contributed by atoms with E-state index in [1.807, 2.05) is 25.1 Å². The Balaban J connectivity index is 1.80. The number of carbonyl (C=O) groups is 1. The van der Waals surface area contributed by atoms with Crippen LogP contribution in [0.5, 0.6) is 11.5 Å². The Kier molecular flexibility index (Phi) is 8.04. The highest BCUT2D eigenvalue weighted by Gasteiger charge is 2.30. The zero-order valence-electron chi connectivity index (χ0n) is 19.4. The number of rotatable bonds is 8. The fourth-order valence-electron chi connectivity index (χ4n) is 3.40. The average molecular weight is 492 g/mol.